The quantitative estimate of drug-likeness (QED) is 0.231. The molecule has 5 aromatic heterocycles. The third-order valence-electron chi connectivity index (χ3n) is 10.1. The molecule has 11 nitrogen and oxygen atoms in total. The van der Waals surface area contributed by atoms with Crippen molar-refractivity contribution in [3.63, 3.8) is 0 Å². The van der Waals surface area contributed by atoms with E-state index < -0.39 is 5.60 Å². The summed E-state index contributed by atoms with van der Waals surface area (Å²) in [6.07, 6.45) is 10.4. The van der Waals surface area contributed by atoms with Crippen LogP contribution in [0.3, 0.4) is 0 Å². The van der Waals surface area contributed by atoms with Gasteiger partial charge < -0.3 is 10.0 Å². The first kappa shape index (κ1) is 32.6. The fourth-order valence-corrected chi connectivity index (χ4v) is 8.91. The molecule has 1 N–H and O–H groups in total. The van der Waals surface area contributed by atoms with Crippen molar-refractivity contribution in [2.45, 2.75) is 50.8 Å². The maximum absolute atomic E-state index is 14.2. The lowest BCUT2D eigenvalue weighted by atomic mass is 9.79. The second-order valence-electron chi connectivity index (χ2n) is 13.4. The summed E-state index contributed by atoms with van der Waals surface area (Å²) in [7, 11) is 0. The molecule has 0 aliphatic carbocycles. The highest BCUT2D eigenvalue weighted by Gasteiger charge is 2.41. The number of piperidine rings is 2. The van der Waals surface area contributed by atoms with Crippen molar-refractivity contribution in [3.8, 4) is 15.7 Å². The van der Waals surface area contributed by atoms with Gasteiger partial charge in [-0.2, -0.15) is 0 Å². The van der Waals surface area contributed by atoms with E-state index in [-0.39, 0.29) is 29.8 Å². The van der Waals surface area contributed by atoms with E-state index in [2.05, 4.69) is 43.0 Å². The number of hydrogen-bond acceptors (Lipinski definition) is 10. The Morgan fingerprint density at radius 2 is 1.84 bits per heavy atom. The Morgan fingerprint density at radius 3 is 2.60 bits per heavy atom. The summed E-state index contributed by atoms with van der Waals surface area (Å²) in [6, 6.07) is 16.2. The van der Waals surface area contributed by atoms with E-state index in [9.17, 15) is 14.7 Å². The van der Waals surface area contributed by atoms with Crippen molar-refractivity contribution in [2.75, 3.05) is 26.2 Å². The molecule has 0 saturated carbocycles. The summed E-state index contributed by atoms with van der Waals surface area (Å²) in [5.74, 6) is 0.0582. The van der Waals surface area contributed by atoms with E-state index in [0.29, 0.717) is 37.0 Å². The maximum Gasteiger partial charge on any atom is 0.262 e. The lowest BCUT2D eigenvalue weighted by Gasteiger charge is -2.43. The zero-order valence-electron chi connectivity index (χ0n) is 27.8. The Hall–Kier alpha value is -4.56. The van der Waals surface area contributed by atoms with Crippen LogP contribution in [-0.2, 0) is 17.9 Å². The van der Waals surface area contributed by atoms with Crippen LogP contribution in [0.15, 0.2) is 89.8 Å². The number of fused-ring (bicyclic) bond motifs is 1. The molecule has 0 radical (unpaired) electrons. The van der Waals surface area contributed by atoms with Crippen molar-refractivity contribution in [1.29, 1.82) is 0 Å². The number of hydrogen-bond donors (Lipinski definition) is 1. The number of rotatable bonds is 8. The number of likely N-dealkylation sites (tertiary alicyclic amines) is 2. The van der Waals surface area contributed by atoms with E-state index >= 15 is 0 Å². The van der Waals surface area contributed by atoms with Gasteiger partial charge in [-0.15, -0.1) is 22.7 Å². The van der Waals surface area contributed by atoms with E-state index in [1.165, 1.54) is 32.7 Å². The first-order valence-corrected chi connectivity index (χ1v) is 18.7. The minimum atomic E-state index is -1.11. The molecule has 50 heavy (non-hydrogen) atoms. The Balaban J connectivity index is 0.929. The van der Waals surface area contributed by atoms with Gasteiger partial charge in [0.15, 0.2) is 10.8 Å². The standard InChI is InChI=1S/C37H38N8O3S2/c1-25-7-8-27(19-39-25)33-40-20-28(50-33)21-42-14-9-29(31(22-42)26-5-3-2-4-6-26)34(46)43-16-11-37(48,12-17-43)23-44-24-41-32-30(35(44)47)10-15-45(32)36-38-13-18-49-36/h2-8,10,13,15,18-20,24,29,31,48H,9,11-12,14,16-17,21-23H2,1H3/t29-,31+/m1/s1. The third-order valence-corrected chi connectivity index (χ3v) is 11.9. The van der Waals surface area contributed by atoms with Gasteiger partial charge in [0.05, 0.1) is 17.5 Å². The van der Waals surface area contributed by atoms with Gasteiger partial charge in [-0.25, -0.2) is 15.0 Å². The predicted molar refractivity (Wildman–Crippen MR) is 194 cm³/mol. The summed E-state index contributed by atoms with van der Waals surface area (Å²) in [6.45, 7) is 5.38. The first-order valence-electron chi connectivity index (χ1n) is 17.0. The number of aryl methyl sites for hydroxylation is 1. The van der Waals surface area contributed by atoms with Crippen LogP contribution >= 0.6 is 22.7 Å². The third kappa shape index (κ3) is 6.53. The molecule has 7 heterocycles. The first-order chi connectivity index (χ1) is 24.3. The molecule has 8 rings (SSSR count). The summed E-state index contributed by atoms with van der Waals surface area (Å²) < 4.78 is 3.30. The molecule has 13 heteroatoms. The Morgan fingerprint density at radius 1 is 1.00 bits per heavy atom. The monoisotopic (exact) mass is 706 g/mol. The topological polar surface area (TPSA) is 122 Å². The van der Waals surface area contributed by atoms with Gasteiger partial charge in [-0.05, 0) is 56.5 Å². The van der Waals surface area contributed by atoms with Crippen molar-refractivity contribution in [3.05, 3.63) is 112 Å². The fraction of sp³-hybridized carbons (Fsp3) is 0.351. The molecule has 0 bridgehead atoms. The van der Waals surface area contributed by atoms with E-state index in [4.69, 9.17) is 0 Å². The SMILES string of the molecule is Cc1ccc(-c2ncc(CN3CC[C@@H](C(=O)N4CCC(O)(Cn5cnc6c(ccn6-c6nccs6)c5=O)CC4)[C@H](c4ccccc4)C3)s2)cn1. The van der Waals surface area contributed by atoms with Gasteiger partial charge in [0.1, 0.15) is 11.3 Å². The summed E-state index contributed by atoms with van der Waals surface area (Å²) >= 11 is 3.16. The van der Waals surface area contributed by atoms with Crippen molar-refractivity contribution in [2.24, 2.45) is 5.92 Å². The molecule has 0 spiro atoms. The molecule has 2 aliphatic heterocycles. The number of aliphatic hydroxyl groups is 1. The van der Waals surface area contributed by atoms with Crippen LogP contribution in [0.1, 0.15) is 41.3 Å². The fourth-order valence-electron chi connectivity index (χ4n) is 7.33. The molecule has 2 atom stereocenters. The van der Waals surface area contributed by atoms with Crippen molar-refractivity contribution in [1.82, 2.24) is 38.9 Å². The average Bonchev–Trinajstić information content (AvgIpc) is 3.92. The van der Waals surface area contributed by atoms with Crippen LogP contribution in [0.25, 0.3) is 26.7 Å². The summed E-state index contributed by atoms with van der Waals surface area (Å²) in [5, 5.41) is 15.7. The van der Waals surface area contributed by atoms with Gasteiger partial charge in [0.2, 0.25) is 5.91 Å². The molecular weight excluding hydrogens is 669 g/mol. The molecule has 1 aromatic carbocycles. The molecule has 2 fully saturated rings. The van der Waals surface area contributed by atoms with Crippen LogP contribution in [0.5, 0.6) is 0 Å². The van der Waals surface area contributed by atoms with E-state index in [1.54, 1.807) is 34.4 Å². The number of benzene rings is 1. The van der Waals surface area contributed by atoms with Gasteiger partial charge >= 0.3 is 0 Å². The smallest absolute Gasteiger partial charge is 0.262 e. The number of carbonyl (C=O) groups excluding carboxylic acids is 1. The van der Waals surface area contributed by atoms with Crippen LogP contribution in [0.4, 0.5) is 0 Å². The number of aromatic nitrogens is 6. The second kappa shape index (κ2) is 13.6. The number of amides is 1. The second-order valence-corrected chi connectivity index (χ2v) is 15.4. The summed E-state index contributed by atoms with van der Waals surface area (Å²) in [4.78, 5) is 51.1. The molecular formula is C37H38N8O3S2. The maximum atomic E-state index is 14.2. The molecule has 2 aliphatic rings. The van der Waals surface area contributed by atoms with E-state index in [1.807, 2.05) is 53.9 Å². The normalized spacial score (nSPS) is 19.6. The molecule has 0 unspecified atom stereocenters. The van der Waals surface area contributed by atoms with Crippen molar-refractivity contribution < 1.29 is 9.90 Å². The lowest BCUT2D eigenvalue weighted by Crippen LogP contribution is -2.53. The van der Waals surface area contributed by atoms with Gasteiger partial charge in [0, 0.05) is 84.3 Å². The molecule has 1 amide bonds. The molecule has 6 aromatic rings. The zero-order valence-corrected chi connectivity index (χ0v) is 29.4. The largest absolute Gasteiger partial charge is 0.388 e. The number of thiazole rings is 2. The number of pyridine rings is 1. The van der Waals surface area contributed by atoms with Crippen LogP contribution in [0.2, 0.25) is 0 Å². The van der Waals surface area contributed by atoms with Crippen LogP contribution in [-0.4, -0.2) is 81.7 Å². The van der Waals surface area contributed by atoms with Gasteiger partial charge in [-0.1, -0.05) is 30.3 Å². The Bertz CT molecular complexity index is 2150. The van der Waals surface area contributed by atoms with Crippen LogP contribution < -0.4 is 5.56 Å². The highest BCUT2D eigenvalue weighted by atomic mass is 32.1. The Kier molecular flexibility index (Phi) is 8.90. The highest BCUT2D eigenvalue weighted by Crippen LogP contribution is 2.37. The zero-order chi connectivity index (χ0) is 34.2. The molecule has 256 valence electrons. The summed E-state index contributed by atoms with van der Waals surface area (Å²) in [5.41, 5.74) is 2.42. The minimum absolute atomic E-state index is 0.0556. The number of carbonyl (C=O) groups is 1. The minimum Gasteiger partial charge on any atom is -0.388 e. The Labute approximate surface area is 297 Å². The lowest BCUT2D eigenvalue weighted by molar-refractivity contribution is -0.142. The van der Waals surface area contributed by atoms with Gasteiger partial charge in [-0.3, -0.25) is 28.6 Å². The van der Waals surface area contributed by atoms with Crippen LogP contribution in [0, 0.1) is 12.8 Å². The van der Waals surface area contributed by atoms with Gasteiger partial charge in [0.25, 0.3) is 5.56 Å². The average molecular weight is 707 g/mol. The number of nitrogens with zero attached hydrogens (tertiary/aromatic N) is 8. The predicted octanol–water partition coefficient (Wildman–Crippen LogP) is 5.13. The van der Waals surface area contributed by atoms with Crippen molar-refractivity contribution >= 4 is 39.6 Å². The highest BCUT2D eigenvalue weighted by molar-refractivity contribution is 7.15. The molecule has 2 saturated heterocycles. The van der Waals surface area contributed by atoms with E-state index in [0.717, 1.165) is 47.5 Å².